The van der Waals surface area contributed by atoms with Gasteiger partial charge in [0.2, 0.25) is 5.91 Å². The summed E-state index contributed by atoms with van der Waals surface area (Å²) < 4.78 is 5.45. The zero-order chi connectivity index (χ0) is 21.0. The van der Waals surface area contributed by atoms with Crippen LogP contribution in [0.4, 0.5) is 0 Å². The van der Waals surface area contributed by atoms with Crippen molar-refractivity contribution in [3.05, 3.63) is 63.6 Å². The van der Waals surface area contributed by atoms with Crippen molar-refractivity contribution in [2.24, 2.45) is 0 Å². The number of carbonyl (C=O) groups is 2. The number of rotatable bonds is 6. The Kier molecular flexibility index (Phi) is 7.04. The van der Waals surface area contributed by atoms with E-state index in [0.717, 1.165) is 17.7 Å². The van der Waals surface area contributed by atoms with E-state index in [-0.39, 0.29) is 11.8 Å². The van der Waals surface area contributed by atoms with Gasteiger partial charge in [0.1, 0.15) is 11.8 Å². The lowest BCUT2D eigenvalue weighted by Crippen LogP contribution is -2.46. The largest absolute Gasteiger partial charge is 0.494 e. The summed E-state index contributed by atoms with van der Waals surface area (Å²) in [7, 11) is 1.76. The third kappa shape index (κ3) is 5.03. The van der Waals surface area contributed by atoms with Gasteiger partial charge in [-0.15, -0.1) is 0 Å². The van der Waals surface area contributed by atoms with E-state index in [1.54, 1.807) is 35.0 Å². The molecule has 7 heteroatoms. The molecule has 3 rings (SSSR count). The molecule has 2 amide bonds. The monoisotopic (exact) mass is 434 g/mol. The van der Waals surface area contributed by atoms with E-state index in [1.807, 2.05) is 31.2 Å². The minimum atomic E-state index is -0.495. The number of halogens is 2. The van der Waals surface area contributed by atoms with Gasteiger partial charge >= 0.3 is 0 Å². The molecule has 2 aromatic rings. The number of hydrogen-bond acceptors (Lipinski definition) is 3. The van der Waals surface area contributed by atoms with Crippen molar-refractivity contribution in [2.45, 2.75) is 32.4 Å². The molecule has 1 fully saturated rings. The van der Waals surface area contributed by atoms with Crippen LogP contribution in [0.25, 0.3) is 0 Å². The van der Waals surface area contributed by atoms with Crippen LogP contribution in [0.5, 0.6) is 5.75 Å². The number of amides is 2. The van der Waals surface area contributed by atoms with Crippen LogP contribution >= 0.6 is 23.2 Å². The summed E-state index contributed by atoms with van der Waals surface area (Å²) in [4.78, 5) is 29.3. The van der Waals surface area contributed by atoms with Crippen LogP contribution in [0.2, 0.25) is 10.0 Å². The van der Waals surface area contributed by atoms with Gasteiger partial charge in [0.25, 0.3) is 5.91 Å². The van der Waals surface area contributed by atoms with Gasteiger partial charge in [-0.2, -0.15) is 0 Å². The lowest BCUT2D eigenvalue weighted by atomic mass is 10.1. The zero-order valence-corrected chi connectivity index (χ0v) is 18.0. The van der Waals surface area contributed by atoms with Crippen LogP contribution in [0.3, 0.4) is 0 Å². The highest BCUT2D eigenvalue weighted by Gasteiger charge is 2.36. The van der Waals surface area contributed by atoms with E-state index in [1.165, 1.54) is 0 Å². The first kappa shape index (κ1) is 21.5. The molecule has 0 radical (unpaired) electrons. The normalized spacial score (nSPS) is 16.0. The molecule has 154 valence electrons. The lowest BCUT2D eigenvalue weighted by Gasteiger charge is -2.28. The van der Waals surface area contributed by atoms with Crippen LogP contribution < -0.4 is 4.74 Å². The van der Waals surface area contributed by atoms with Crippen LogP contribution in [0, 0.1) is 0 Å². The summed E-state index contributed by atoms with van der Waals surface area (Å²) in [6.45, 7) is 3.53. The fraction of sp³-hybridized carbons (Fsp3) is 0.364. The first-order valence-electron chi connectivity index (χ1n) is 9.63. The highest BCUT2D eigenvalue weighted by atomic mass is 35.5. The van der Waals surface area contributed by atoms with Gasteiger partial charge in [0.05, 0.1) is 17.2 Å². The van der Waals surface area contributed by atoms with Crippen molar-refractivity contribution in [3.63, 3.8) is 0 Å². The fourth-order valence-corrected chi connectivity index (χ4v) is 3.92. The quantitative estimate of drug-likeness (QED) is 0.664. The van der Waals surface area contributed by atoms with E-state index in [2.05, 4.69) is 0 Å². The fourth-order valence-electron chi connectivity index (χ4n) is 3.55. The van der Waals surface area contributed by atoms with E-state index >= 15 is 0 Å². The summed E-state index contributed by atoms with van der Waals surface area (Å²) >= 11 is 12.2. The maximum Gasteiger partial charge on any atom is 0.256 e. The third-order valence-electron chi connectivity index (χ3n) is 4.99. The molecule has 0 spiro atoms. The smallest absolute Gasteiger partial charge is 0.256 e. The Labute approximate surface area is 181 Å². The molecule has 2 aromatic carbocycles. The van der Waals surface area contributed by atoms with Crippen molar-refractivity contribution in [3.8, 4) is 5.75 Å². The van der Waals surface area contributed by atoms with Crippen molar-refractivity contribution in [2.75, 3.05) is 20.2 Å². The van der Waals surface area contributed by atoms with Crippen molar-refractivity contribution in [1.29, 1.82) is 0 Å². The van der Waals surface area contributed by atoms with E-state index < -0.39 is 6.04 Å². The molecule has 1 unspecified atom stereocenters. The molecular formula is C22H24Cl2N2O3. The molecule has 5 nitrogen and oxygen atoms in total. The second-order valence-electron chi connectivity index (χ2n) is 7.05. The molecule has 29 heavy (non-hydrogen) atoms. The van der Waals surface area contributed by atoms with Gasteiger partial charge in [0.15, 0.2) is 0 Å². The average Bonchev–Trinajstić information content (AvgIpc) is 3.20. The van der Waals surface area contributed by atoms with Crippen molar-refractivity contribution >= 4 is 35.0 Å². The average molecular weight is 435 g/mol. The Balaban J connectivity index is 1.70. The molecule has 1 aliphatic rings. The van der Waals surface area contributed by atoms with Gasteiger partial charge < -0.3 is 14.5 Å². The van der Waals surface area contributed by atoms with E-state index in [0.29, 0.717) is 41.7 Å². The minimum Gasteiger partial charge on any atom is -0.494 e. The van der Waals surface area contributed by atoms with Crippen molar-refractivity contribution < 1.29 is 14.3 Å². The molecular weight excluding hydrogens is 411 g/mol. The predicted octanol–water partition coefficient (Wildman–Crippen LogP) is 4.66. The number of carbonyl (C=O) groups excluding carboxylic acids is 2. The number of likely N-dealkylation sites (tertiary alicyclic amines) is 1. The number of benzene rings is 2. The summed E-state index contributed by atoms with van der Waals surface area (Å²) in [5.41, 5.74) is 1.33. The second kappa shape index (κ2) is 9.51. The van der Waals surface area contributed by atoms with E-state index in [4.69, 9.17) is 27.9 Å². The molecule has 1 saturated heterocycles. The molecule has 1 aliphatic heterocycles. The SMILES string of the molecule is CCOc1ccc(CN(C)C(=O)C2CCCN2C(=O)c2cc(Cl)ccc2Cl)cc1. The highest BCUT2D eigenvalue weighted by Crippen LogP contribution is 2.27. The number of hydrogen-bond donors (Lipinski definition) is 0. The zero-order valence-electron chi connectivity index (χ0n) is 16.5. The predicted molar refractivity (Wildman–Crippen MR) is 115 cm³/mol. The Morgan fingerprint density at radius 2 is 1.90 bits per heavy atom. The van der Waals surface area contributed by atoms with Gasteiger partial charge in [-0.05, 0) is 55.7 Å². The molecule has 0 aromatic heterocycles. The van der Waals surface area contributed by atoms with Gasteiger partial charge in [0, 0.05) is 25.2 Å². The van der Waals surface area contributed by atoms with E-state index in [9.17, 15) is 9.59 Å². The van der Waals surface area contributed by atoms with Crippen LogP contribution in [0.15, 0.2) is 42.5 Å². The highest BCUT2D eigenvalue weighted by molar-refractivity contribution is 6.35. The first-order chi connectivity index (χ1) is 13.9. The number of nitrogens with zero attached hydrogens (tertiary/aromatic N) is 2. The molecule has 0 N–H and O–H groups in total. The summed E-state index contributed by atoms with van der Waals surface area (Å²) in [6, 6.07) is 12.0. The first-order valence-corrected chi connectivity index (χ1v) is 10.4. The van der Waals surface area contributed by atoms with Crippen LogP contribution in [-0.4, -0.2) is 47.9 Å². The molecule has 1 heterocycles. The lowest BCUT2D eigenvalue weighted by molar-refractivity contribution is -0.134. The van der Waals surface area contributed by atoms with Gasteiger partial charge in [-0.25, -0.2) is 0 Å². The minimum absolute atomic E-state index is 0.0807. The summed E-state index contributed by atoms with van der Waals surface area (Å²) in [5.74, 6) is 0.460. The maximum atomic E-state index is 13.1. The molecule has 0 aliphatic carbocycles. The summed E-state index contributed by atoms with van der Waals surface area (Å²) in [5, 5.41) is 0.771. The number of ether oxygens (including phenoxy) is 1. The maximum absolute atomic E-state index is 13.1. The second-order valence-corrected chi connectivity index (χ2v) is 7.90. The molecule has 1 atom stereocenters. The Morgan fingerprint density at radius 1 is 1.17 bits per heavy atom. The Bertz CT molecular complexity index is 886. The van der Waals surface area contributed by atoms with Crippen LogP contribution in [0.1, 0.15) is 35.7 Å². The van der Waals surface area contributed by atoms with Crippen LogP contribution in [-0.2, 0) is 11.3 Å². The topological polar surface area (TPSA) is 49.9 Å². The standard InChI is InChI=1S/C22H24Cl2N2O3/c1-3-29-17-9-6-15(7-10-17)14-25(2)22(28)20-5-4-12-26(20)21(27)18-13-16(23)8-11-19(18)24/h6-11,13,20H,3-5,12,14H2,1-2H3. The Morgan fingerprint density at radius 3 is 2.59 bits per heavy atom. The molecule has 0 saturated carbocycles. The number of likely N-dealkylation sites (N-methyl/N-ethyl adjacent to an activating group) is 1. The molecule has 0 bridgehead atoms. The van der Waals surface area contributed by atoms with Gasteiger partial charge in [-0.3, -0.25) is 9.59 Å². The van der Waals surface area contributed by atoms with Gasteiger partial charge in [-0.1, -0.05) is 35.3 Å². The Hall–Kier alpha value is -2.24. The van der Waals surface area contributed by atoms with Crippen molar-refractivity contribution in [1.82, 2.24) is 9.80 Å². The third-order valence-corrected chi connectivity index (χ3v) is 5.55. The summed E-state index contributed by atoms with van der Waals surface area (Å²) in [6.07, 6.45) is 1.41.